The van der Waals surface area contributed by atoms with E-state index >= 15 is 0 Å². The molecule has 168 valence electrons. The van der Waals surface area contributed by atoms with Crippen LogP contribution in [-0.4, -0.2) is 48.0 Å². The van der Waals surface area contributed by atoms with E-state index in [2.05, 4.69) is 18.7 Å². The summed E-state index contributed by atoms with van der Waals surface area (Å²) in [6, 6.07) is 9.50. The number of halogens is 3. The summed E-state index contributed by atoms with van der Waals surface area (Å²) in [5, 5.41) is 12.0. The second-order valence-electron chi connectivity index (χ2n) is 7.24. The molecule has 1 heterocycles. The Balaban J connectivity index is 0.00000341. The fraction of sp³-hybridized carbons (Fsp3) is 0.364. The molecule has 3 N–H and O–H groups in total. The molecule has 9 heteroatoms. The Hall–Kier alpha value is -1.83. The zero-order valence-electron chi connectivity index (χ0n) is 17.4. The van der Waals surface area contributed by atoms with E-state index in [1.807, 2.05) is 0 Å². The first-order valence-electron chi connectivity index (χ1n) is 9.91. The number of amides is 2. The van der Waals surface area contributed by atoms with Gasteiger partial charge in [-0.3, -0.25) is 9.59 Å². The predicted octanol–water partition coefficient (Wildman–Crippen LogP) is 3.83. The van der Waals surface area contributed by atoms with Gasteiger partial charge in [-0.2, -0.15) is 0 Å². The van der Waals surface area contributed by atoms with Gasteiger partial charge in [0.25, 0.3) is 5.91 Å². The largest absolute Gasteiger partial charge is 0.372 e. The highest BCUT2D eigenvalue weighted by atomic mass is 35.5. The molecule has 1 aliphatic heterocycles. The van der Waals surface area contributed by atoms with Crippen molar-refractivity contribution in [2.24, 2.45) is 5.73 Å². The zero-order valence-corrected chi connectivity index (χ0v) is 19.7. The molecule has 0 saturated heterocycles. The summed E-state index contributed by atoms with van der Waals surface area (Å²) in [7, 11) is 0. The summed E-state index contributed by atoms with van der Waals surface area (Å²) in [5.41, 5.74) is 4.41. The highest BCUT2D eigenvalue weighted by molar-refractivity contribution is 6.35. The van der Waals surface area contributed by atoms with E-state index in [-0.39, 0.29) is 39.1 Å². The zero-order chi connectivity index (χ0) is 22.1. The van der Waals surface area contributed by atoms with Crippen molar-refractivity contribution in [2.45, 2.75) is 25.9 Å². The number of carbonyl (C=O) groups excluding carboxylic acids is 2. The average Bonchev–Trinajstić information content (AvgIpc) is 2.94. The van der Waals surface area contributed by atoms with E-state index in [0.717, 1.165) is 19.6 Å². The summed E-state index contributed by atoms with van der Waals surface area (Å²) in [6.07, 6.45) is 0.684. The molecule has 1 aliphatic rings. The van der Waals surface area contributed by atoms with Crippen molar-refractivity contribution < 1.29 is 14.7 Å². The minimum Gasteiger partial charge on any atom is -0.372 e. The molecule has 2 aromatic rings. The van der Waals surface area contributed by atoms with E-state index in [9.17, 15) is 14.7 Å². The van der Waals surface area contributed by atoms with Crippen LogP contribution in [0.15, 0.2) is 36.4 Å². The van der Waals surface area contributed by atoms with E-state index < -0.39 is 17.4 Å². The Bertz CT molecular complexity index is 982. The maximum absolute atomic E-state index is 13.5. The van der Waals surface area contributed by atoms with Crippen LogP contribution in [0.4, 0.5) is 5.69 Å². The summed E-state index contributed by atoms with van der Waals surface area (Å²) in [6.45, 7) is 7.11. The lowest BCUT2D eigenvalue weighted by Gasteiger charge is -2.25. The second-order valence-corrected chi connectivity index (χ2v) is 8.06. The number of fused-ring (bicyclic) bond motifs is 1. The summed E-state index contributed by atoms with van der Waals surface area (Å²) in [4.78, 5) is 29.0. The average molecular weight is 487 g/mol. The van der Waals surface area contributed by atoms with Crippen molar-refractivity contribution in [3.63, 3.8) is 0 Å². The lowest BCUT2D eigenvalue weighted by molar-refractivity contribution is -0.132. The molecule has 2 aromatic carbocycles. The van der Waals surface area contributed by atoms with Crippen molar-refractivity contribution in [3.05, 3.63) is 63.1 Å². The summed E-state index contributed by atoms with van der Waals surface area (Å²) < 4.78 is 0. The SMILES string of the molecule is CCN(CC)CCCN1C(=O)C(O)(c2ccccc2Cl)c2c(Cl)cc(C(N)=O)cc21.Cl. The van der Waals surface area contributed by atoms with Gasteiger partial charge in [-0.05, 0) is 44.3 Å². The van der Waals surface area contributed by atoms with E-state index in [1.165, 1.54) is 17.0 Å². The van der Waals surface area contributed by atoms with Gasteiger partial charge in [-0.1, -0.05) is 55.2 Å². The number of rotatable bonds is 8. The van der Waals surface area contributed by atoms with Crippen molar-refractivity contribution in [3.8, 4) is 0 Å². The first-order valence-corrected chi connectivity index (χ1v) is 10.7. The number of benzene rings is 2. The third-order valence-corrected chi connectivity index (χ3v) is 6.20. The first-order chi connectivity index (χ1) is 14.2. The molecule has 0 spiro atoms. The summed E-state index contributed by atoms with van der Waals surface area (Å²) in [5.74, 6) is -1.21. The second kappa shape index (κ2) is 10.2. The minimum atomic E-state index is -2.05. The molecule has 0 saturated carbocycles. The predicted molar refractivity (Wildman–Crippen MR) is 126 cm³/mol. The number of hydrogen-bond donors (Lipinski definition) is 2. The van der Waals surface area contributed by atoms with Crippen molar-refractivity contribution >= 4 is 53.1 Å². The third-order valence-electron chi connectivity index (χ3n) is 5.58. The minimum absolute atomic E-state index is 0. The van der Waals surface area contributed by atoms with Gasteiger partial charge in [-0.15, -0.1) is 12.4 Å². The number of hydrogen-bond acceptors (Lipinski definition) is 4. The lowest BCUT2D eigenvalue weighted by Crippen LogP contribution is -2.42. The lowest BCUT2D eigenvalue weighted by atomic mass is 9.87. The fourth-order valence-corrected chi connectivity index (χ4v) is 4.56. The molecule has 0 bridgehead atoms. The summed E-state index contributed by atoms with van der Waals surface area (Å²) >= 11 is 12.8. The molecule has 1 atom stereocenters. The van der Waals surface area contributed by atoms with Crippen LogP contribution in [0.5, 0.6) is 0 Å². The van der Waals surface area contributed by atoms with Crippen LogP contribution in [0.3, 0.4) is 0 Å². The van der Waals surface area contributed by atoms with Gasteiger partial charge in [0.2, 0.25) is 5.91 Å². The van der Waals surface area contributed by atoms with Gasteiger partial charge in [0.05, 0.1) is 10.7 Å². The van der Waals surface area contributed by atoms with Crippen LogP contribution in [0.2, 0.25) is 10.0 Å². The van der Waals surface area contributed by atoms with Crippen LogP contribution in [0, 0.1) is 0 Å². The van der Waals surface area contributed by atoms with Crippen LogP contribution in [0.25, 0.3) is 0 Å². The topological polar surface area (TPSA) is 86.9 Å². The number of nitrogens with zero attached hydrogens (tertiary/aromatic N) is 2. The first kappa shape index (κ1) is 25.4. The molecule has 6 nitrogen and oxygen atoms in total. The Morgan fingerprint density at radius 1 is 1.16 bits per heavy atom. The molecule has 1 unspecified atom stereocenters. The molecule has 31 heavy (non-hydrogen) atoms. The molecule has 0 radical (unpaired) electrons. The van der Waals surface area contributed by atoms with Crippen LogP contribution < -0.4 is 10.6 Å². The van der Waals surface area contributed by atoms with Crippen molar-refractivity contribution in [1.82, 2.24) is 4.90 Å². The highest BCUT2D eigenvalue weighted by Gasteiger charge is 2.53. The Morgan fingerprint density at radius 2 is 1.81 bits per heavy atom. The third kappa shape index (κ3) is 4.54. The molecule has 0 fully saturated rings. The molecule has 2 amide bonds. The Morgan fingerprint density at radius 3 is 2.39 bits per heavy atom. The van der Waals surface area contributed by atoms with Crippen molar-refractivity contribution in [2.75, 3.05) is 31.1 Å². The standard InChI is InChI=1S/C22H25Cl2N3O3.ClH/c1-3-26(4-2)10-7-11-27-18-13-14(20(25)28)12-17(24)19(18)22(30,21(27)29)15-8-5-6-9-16(15)23;/h5-6,8-9,12-13,30H,3-4,7,10-11H2,1-2H3,(H2,25,28);1H. The smallest absolute Gasteiger partial charge is 0.268 e. The Kier molecular flexibility index (Phi) is 8.36. The molecular formula is C22H26Cl3N3O3. The monoisotopic (exact) mass is 485 g/mol. The number of anilines is 1. The molecule has 3 rings (SSSR count). The number of aliphatic hydroxyl groups is 1. The van der Waals surface area contributed by atoms with Gasteiger partial charge >= 0.3 is 0 Å². The quantitative estimate of drug-likeness (QED) is 0.594. The van der Waals surface area contributed by atoms with Gasteiger partial charge in [0.1, 0.15) is 0 Å². The molecule has 0 aliphatic carbocycles. The Labute approximate surface area is 198 Å². The van der Waals surface area contributed by atoms with Gasteiger partial charge < -0.3 is 20.6 Å². The highest BCUT2D eigenvalue weighted by Crippen LogP contribution is 2.49. The van der Waals surface area contributed by atoms with E-state index in [1.54, 1.807) is 24.3 Å². The van der Waals surface area contributed by atoms with Crippen LogP contribution >= 0.6 is 35.6 Å². The van der Waals surface area contributed by atoms with Gasteiger partial charge in [-0.25, -0.2) is 0 Å². The maximum Gasteiger partial charge on any atom is 0.268 e. The van der Waals surface area contributed by atoms with Crippen LogP contribution in [0.1, 0.15) is 41.8 Å². The maximum atomic E-state index is 13.5. The van der Waals surface area contributed by atoms with Gasteiger partial charge in [0.15, 0.2) is 5.60 Å². The number of carbonyl (C=O) groups is 2. The molecular weight excluding hydrogens is 461 g/mol. The number of nitrogens with two attached hydrogens (primary N) is 1. The van der Waals surface area contributed by atoms with Crippen LogP contribution in [-0.2, 0) is 10.4 Å². The van der Waals surface area contributed by atoms with Gasteiger partial charge in [0, 0.05) is 28.3 Å². The van der Waals surface area contributed by atoms with Crippen molar-refractivity contribution in [1.29, 1.82) is 0 Å². The number of primary amides is 1. The van der Waals surface area contributed by atoms with E-state index in [0.29, 0.717) is 18.7 Å². The molecule has 0 aromatic heterocycles. The fourth-order valence-electron chi connectivity index (χ4n) is 3.94. The van der Waals surface area contributed by atoms with E-state index in [4.69, 9.17) is 28.9 Å². The normalized spacial score (nSPS) is 17.6.